The second kappa shape index (κ2) is 7.08. The number of thiazole rings is 1. The van der Waals surface area contributed by atoms with E-state index >= 15 is 0 Å². The number of anilines is 1. The molecule has 1 aromatic carbocycles. The highest BCUT2D eigenvalue weighted by Crippen LogP contribution is 2.28. The molecule has 0 radical (unpaired) electrons. The molecular formula is C20H18FN3O2S. The summed E-state index contributed by atoms with van der Waals surface area (Å²) in [5, 5.41) is 3.30. The minimum absolute atomic E-state index is 0.0971. The van der Waals surface area contributed by atoms with E-state index in [9.17, 15) is 14.0 Å². The summed E-state index contributed by atoms with van der Waals surface area (Å²) < 4.78 is 13.0. The monoisotopic (exact) mass is 383 g/mol. The Labute approximate surface area is 159 Å². The van der Waals surface area contributed by atoms with Crippen LogP contribution in [0.3, 0.4) is 0 Å². The van der Waals surface area contributed by atoms with E-state index < -0.39 is 0 Å². The zero-order valence-electron chi connectivity index (χ0n) is 14.8. The average Bonchev–Trinajstić information content (AvgIpc) is 3.22. The highest BCUT2D eigenvalue weighted by Gasteiger charge is 2.26. The fourth-order valence-corrected chi connectivity index (χ4v) is 4.25. The van der Waals surface area contributed by atoms with E-state index in [1.54, 1.807) is 25.3 Å². The lowest BCUT2D eigenvalue weighted by Crippen LogP contribution is -2.13. The Balaban J connectivity index is 1.48. The van der Waals surface area contributed by atoms with Gasteiger partial charge in [0.15, 0.2) is 10.9 Å². The van der Waals surface area contributed by atoms with Crippen molar-refractivity contribution in [3.05, 3.63) is 69.2 Å². The van der Waals surface area contributed by atoms with Crippen molar-refractivity contribution < 1.29 is 14.0 Å². The largest absolute Gasteiger partial charge is 0.354 e. The molecule has 7 heteroatoms. The Bertz CT molecular complexity index is 1020. The molecule has 0 unspecified atom stereocenters. The number of carbonyl (C=O) groups excluding carboxylic acids is 2. The molecule has 4 rings (SSSR count). The Kier molecular flexibility index (Phi) is 4.61. The molecule has 1 aliphatic rings. The van der Waals surface area contributed by atoms with Crippen LogP contribution in [-0.4, -0.2) is 21.7 Å². The highest BCUT2D eigenvalue weighted by atomic mass is 32.1. The molecule has 0 saturated heterocycles. The van der Waals surface area contributed by atoms with E-state index in [4.69, 9.17) is 0 Å². The number of carbonyl (C=O) groups is 2. The van der Waals surface area contributed by atoms with Crippen molar-refractivity contribution in [2.75, 3.05) is 5.32 Å². The molecule has 0 aliphatic heterocycles. The molecular weight excluding hydrogens is 365 g/mol. The predicted molar refractivity (Wildman–Crippen MR) is 102 cm³/mol. The normalized spacial score (nSPS) is 13.5. The van der Waals surface area contributed by atoms with Crippen LogP contribution in [0.15, 0.2) is 30.5 Å². The van der Waals surface area contributed by atoms with Gasteiger partial charge < -0.3 is 4.98 Å². The maximum Gasteiger partial charge on any atom is 0.274 e. The van der Waals surface area contributed by atoms with E-state index in [1.807, 2.05) is 0 Å². The molecule has 138 valence electrons. The highest BCUT2D eigenvalue weighted by molar-refractivity contribution is 7.15. The van der Waals surface area contributed by atoms with Crippen LogP contribution >= 0.6 is 11.3 Å². The summed E-state index contributed by atoms with van der Waals surface area (Å²) in [6.07, 6.45) is 4.46. The lowest BCUT2D eigenvalue weighted by atomic mass is 9.94. The summed E-state index contributed by atoms with van der Waals surface area (Å²) in [5.41, 5.74) is 3.62. The molecule has 3 aromatic rings. The third-order valence-corrected chi connectivity index (χ3v) is 5.64. The van der Waals surface area contributed by atoms with E-state index in [2.05, 4.69) is 15.3 Å². The number of halogens is 1. The number of Topliss-reactive ketones (excluding diaryl/α,β-unsaturated/α-hetero) is 1. The Morgan fingerprint density at radius 3 is 2.81 bits per heavy atom. The fraction of sp³-hybridized carbons (Fsp3) is 0.250. The van der Waals surface area contributed by atoms with Crippen molar-refractivity contribution >= 4 is 28.2 Å². The quantitative estimate of drug-likeness (QED) is 0.706. The molecule has 0 saturated carbocycles. The van der Waals surface area contributed by atoms with Crippen LogP contribution in [0.4, 0.5) is 9.52 Å². The van der Waals surface area contributed by atoms with Crippen LogP contribution in [0.1, 0.15) is 55.4 Å². The molecule has 2 heterocycles. The molecule has 5 nitrogen and oxygen atoms in total. The van der Waals surface area contributed by atoms with E-state index in [0.29, 0.717) is 34.8 Å². The van der Waals surface area contributed by atoms with Crippen molar-refractivity contribution in [2.24, 2.45) is 0 Å². The van der Waals surface area contributed by atoms with Crippen LogP contribution < -0.4 is 5.32 Å². The second-order valence-corrected chi connectivity index (χ2v) is 7.76. The molecule has 0 fully saturated rings. The zero-order valence-corrected chi connectivity index (χ0v) is 15.6. The van der Waals surface area contributed by atoms with Gasteiger partial charge in [0.05, 0.1) is 0 Å². The standard InChI is InChI=1S/C20H18FN3O2S/c1-11-17-15(3-2-4-16(17)25)23-18(11)19(26)24-20-22-10-14(27-20)9-12-5-7-13(21)8-6-12/h5-8,10,23H,2-4,9H2,1H3,(H,22,24,26). The number of rotatable bonds is 4. The van der Waals surface area contributed by atoms with Gasteiger partial charge in [-0.25, -0.2) is 9.37 Å². The minimum Gasteiger partial charge on any atom is -0.354 e. The number of hydrogen-bond donors (Lipinski definition) is 2. The number of amides is 1. The first kappa shape index (κ1) is 17.6. The third-order valence-electron chi connectivity index (χ3n) is 4.73. The number of aromatic amines is 1. The van der Waals surface area contributed by atoms with Gasteiger partial charge in [-0.2, -0.15) is 0 Å². The number of nitrogens with zero attached hydrogens (tertiary/aromatic N) is 1. The number of nitrogens with one attached hydrogen (secondary N) is 2. The third kappa shape index (κ3) is 3.55. The molecule has 1 aliphatic carbocycles. The van der Waals surface area contributed by atoms with Crippen molar-refractivity contribution in [2.45, 2.75) is 32.6 Å². The van der Waals surface area contributed by atoms with Crippen molar-refractivity contribution in [1.82, 2.24) is 9.97 Å². The molecule has 0 atom stereocenters. The van der Waals surface area contributed by atoms with Crippen molar-refractivity contribution in [3.8, 4) is 0 Å². The number of aromatic nitrogens is 2. The summed E-state index contributed by atoms with van der Waals surface area (Å²) in [7, 11) is 0. The maximum absolute atomic E-state index is 13.0. The number of benzene rings is 1. The molecule has 1 amide bonds. The molecule has 2 aromatic heterocycles. The molecule has 2 N–H and O–H groups in total. The summed E-state index contributed by atoms with van der Waals surface area (Å²) in [4.78, 5) is 33.1. The van der Waals surface area contributed by atoms with Crippen LogP contribution in [0, 0.1) is 12.7 Å². The van der Waals surface area contributed by atoms with Gasteiger partial charge in [-0.15, -0.1) is 11.3 Å². The smallest absolute Gasteiger partial charge is 0.274 e. The Morgan fingerprint density at radius 2 is 2.07 bits per heavy atom. The fourth-order valence-electron chi connectivity index (χ4n) is 3.41. The summed E-state index contributed by atoms with van der Waals surface area (Å²) in [6.45, 7) is 1.80. The van der Waals surface area contributed by atoms with Gasteiger partial charge in [0.1, 0.15) is 11.5 Å². The van der Waals surface area contributed by atoms with Gasteiger partial charge in [0, 0.05) is 35.2 Å². The average molecular weight is 383 g/mol. The number of hydrogen-bond acceptors (Lipinski definition) is 4. The molecule has 0 bridgehead atoms. The minimum atomic E-state index is -0.294. The summed E-state index contributed by atoms with van der Waals surface area (Å²) >= 11 is 1.38. The number of fused-ring (bicyclic) bond motifs is 1. The first-order valence-electron chi connectivity index (χ1n) is 8.76. The van der Waals surface area contributed by atoms with Crippen LogP contribution in [0.5, 0.6) is 0 Å². The second-order valence-electron chi connectivity index (χ2n) is 6.64. The first-order chi connectivity index (χ1) is 13.0. The van der Waals surface area contributed by atoms with Gasteiger partial charge in [0.25, 0.3) is 5.91 Å². The lowest BCUT2D eigenvalue weighted by molar-refractivity contribution is 0.0971. The van der Waals surface area contributed by atoms with Crippen LogP contribution in [-0.2, 0) is 12.8 Å². The Hall–Kier alpha value is -2.80. The summed E-state index contributed by atoms with van der Waals surface area (Å²) in [5.74, 6) is -0.462. The topological polar surface area (TPSA) is 74.8 Å². The number of aryl methyl sites for hydroxylation is 1. The SMILES string of the molecule is Cc1c(C(=O)Nc2ncc(Cc3ccc(F)cc3)s2)[nH]c2c1C(=O)CCC2. The zero-order chi connectivity index (χ0) is 19.0. The van der Waals surface area contributed by atoms with Gasteiger partial charge in [-0.05, 0) is 43.0 Å². The van der Waals surface area contributed by atoms with Gasteiger partial charge >= 0.3 is 0 Å². The van der Waals surface area contributed by atoms with Gasteiger partial charge in [-0.3, -0.25) is 14.9 Å². The number of ketones is 1. The van der Waals surface area contributed by atoms with Crippen molar-refractivity contribution in [3.63, 3.8) is 0 Å². The maximum atomic E-state index is 13.0. The van der Waals surface area contributed by atoms with E-state index in [-0.39, 0.29) is 17.5 Å². The van der Waals surface area contributed by atoms with E-state index in [1.165, 1.54) is 23.5 Å². The number of H-pyrrole nitrogens is 1. The molecule has 27 heavy (non-hydrogen) atoms. The first-order valence-corrected chi connectivity index (χ1v) is 9.58. The summed E-state index contributed by atoms with van der Waals surface area (Å²) in [6, 6.07) is 6.32. The van der Waals surface area contributed by atoms with Gasteiger partial charge in [-0.1, -0.05) is 12.1 Å². The van der Waals surface area contributed by atoms with Crippen LogP contribution in [0.25, 0.3) is 0 Å². The van der Waals surface area contributed by atoms with Crippen molar-refractivity contribution in [1.29, 1.82) is 0 Å². The Morgan fingerprint density at radius 1 is 1.30 bits per heavy atom. The van der Waals surface area contributed by atoms with E-state index in [0.717, 1.165) is 29.0 Å². The van der Waals surface area contributed by atoms with Crippen LogP contribution in [0.2, 0.25) is 0 Å². The predicted octanol–water partition coefficient (Wildman–Crippen LogP) is 4.28. The lowest BCUT2D eigenvalue weighted by Gasteiger charge is -2.09. The molecule has 0 spiro atoms. The van der Waals surface area contributed by atoms with Gasteiger partial charge in [0.2, 0.25) is 0 Å².